The Labute approximate surface area is 41.1 Å². The lowest BCUT2D eigenvalue weighted by atomic mass is 10.5. The predicted molar refractivity (Wildman–Crippen MR) is 31.8 cm³/mol. The zero-order valence-electron chi connectivity index (χ0n) is 4.20. The molecule has 0 radical (unpaired) electrons. The molecular weight excluding hydrogens is 91.0 g/mol. The number of hydrogen-bond donors (Lipinski definition) is 0. The highest BCUT2D eigenvalue weighted by molar-refractivity contribution is 7.37. The minimum atomic E-state index is 1.16. The zero-order chi connectivity index (χ0) is 4.41. The Morgan fingerprint density at radius 2 is 2.33 bits per heavy atom. The van der Waals surface area contributed by atoms with Gasteiger partial charge in [0.05, 0.1) is 0 Å². The summed E-state index contributed by atoms with van der Waals surface area (Å²) in [5, 5.41) is 0. The van der Waals surface area contributed by atoms with Gasteiger partial charge in [-0.2, -0.15) is 0 Å². The second-order valence-corrected chi connectivity index (χ2v) is 3.12. The molecule has 1 atom stereocenters. The molecule has 0 nitrogen and oxygen atoms in total. The van der Waals surface area contributed by atoms with Crippen LogP contribution in [-0.2, 0) is 0 Å². The van der Waals surface area contributed by atoms with Crippen LogP contribution < -0.4 is 0 Å². The second kappa shape index (κ2) is 1.93. The first kappa shape index (κ1) is 4.59. The first-order valence-electron chi connectivity index (χ1n) is 2.58. The van der Waals surface area contributed by atoms with Crippen LogP contribution in [0.4, 0.5) is 0 Å². The Morgan fingerprint density at radius 3 is 2.50 bits per heavy atom. The van der Waals surface area contributed by atoms with Crippen LogP contribution in [-0.4, -0.2) is 12.8 Å². The molecule has 0 spiro atoms. The van der Waals surface area contributed by atoms with Crippen LogP contribution in [0, 0.1) is 5.92 Å². The van der Waals surface area contributed by atoms with E-state index in [0.717, 1.165) is 5.92 Å². The number of rotatable bonds is 2. The van der Waals surface area contributed by atoms with Gasteiger partial charge in [0.15, 0.2) is 0 Å². The Hall–Kier alpha value is 0.430. The third-order valence-electron chi connectivity index (χ3n) is 1.19. The van der Waals surface area contributed by atoms with E-state index in [0.29, 0.717) is 0 Å². The van der Waals surface area contributed by atoms with Gasteiger partial charge in [-0.1, -0.05) is 0 Å². The summed E-state index contributed by atoms with van der Waals surface area (Å²) in [5.41, 5.74) is 0. The topological polar surface area (TPSA) is 0 Å². The molecule has 0 amide bonds. The van der Waals surface area contributed by atoms with Gasteiger partial charge in [-0.3, -0.25) is 0 Å². The van der Waals surface area contributed by atoms with Crippen LogP contribution in [0.2, 0.25) is 0 Å². The first-order chi connectivity index (χ1) is 2.93. The summed E-state index contributed by atoms with van der Waals surface area (Å²) in [6.07, 6.45) is 4.57. The molecule has 0 aromatic heterocycles. The summed E-state index contributed by atoms with van der Waals surface area (Å²) in [6, 6.07) is 0. The van der Waals surface area contributed by atoms with Gasteiger partial charge in [0.2, 0.25) is 0 Å². The standard InChI is InChI=1S/C5H11P/c1-6-4-5-2-3-5/h5-6H,2-4H2,1H3. The lowest BCUT2D eigenvalue weighted by Gasteiger charge is -1.83. The molecule has 0 aromatic carbocycles. The van der Waals surface area contributed by atoms with Crippen LogP contribution >= 0.6 is 8.58 Å². The van der Waals surface area contributed by atoms with Gasteiger partial charge in [0.1, 0.15) is 0 Å². The number of hydrogen-bond acceptors (Lipinski definition) is 0. The molecule has 1 heteroatoms. The van der Waals surface area contributed by atoms with Crippen molar-refractivity contribution in [2.24, 2.45) is 5.92 Å². The maximum atomic E-state index is 2.29. The van der Waals surface area contributed by atoms with Crippen molar-refractivity contribution in [2.75, 3.05) is 12.8 Å². The van der Waals surface area contributed by atoms with Crippen molar-refractivity contribution in [3.63, 3.8) is 0 Å². The van der Waals surface area contributed by atoms with E-state index >= 15 is 0 Å². The molecule has 36 valence electrons. The van der Waals surface area contributed by atoms with Gasteiger partial charge >= 0.3 is 0 Å². The van der Waals surface area contributed by atoms with Crippen molar-refractivity contribution >= 4 is 8.58 Å². The van der Waals surface area contributed by atoms with E-state index in [4.69, 9.17) is 0 Å². The van der Waals surface area contributed by atoms with Crippen molar-refractivity contribution in [2.45, 2.75) is 12.8 Å². The SMILES string of the molecule is CPCC1CC1. The molecule has 1 aliphatic carbocycles. The third-order valence-corrected chi connectivity index (χ3v) is 2.18. The van der Waals surface area contributed by atoms with Gasteiger partial charge in [0.25, 0.3) is 0 Å². The molecule has 0 saturated heterocycles. The Kier molecular flexibility index (Phi) is 1.48. The van der Waals surface area contributed by atoms with E-state index in [1.54, 1.807) is 0 Å². The summed E-state index contributed by atoms with van der Waals surface area (Å²) in [5.74, 6) is 1.16. The van der Waals surface area contributed by atoms with E-state index in [-0.39, 0.29) is 0 Å². The lowest BCUT2D eigenvalue weighted by Crippen LogP contribution is -1.71. The Morgan fingerprint density at radius 1 is 1.67 bits per heavy atom. The second-order valence-electron chi connectivity index (χ2n) is 2.00. The first-order valence-corrected chi connectivity index (χ1v) is 4.29. The molecule has 0 aliphatic heterocycles. The fourth-order valence-electron chi connectivity index (χ4n) is 0.611. The highest BCUT2D eigenvalue weighted by atomic mass is 31.1. The Balaban J connectivity index is 1.88. The van der Waals surface area contributed by atoms with Crippen molar-refractivity contribution < 1.29 is 0 Å². The highest BCUT2D eigenvalue weighted by Crippen LogP contribution is 2.33. The average molecular weight is 102 g/mol. The molecule has 1 saturated carbocycles. The average Bonchev–Trinajstić information content (AvgIpc) is 2.21. The van der Waals surface area contributed by atoms with Crippen LogP contribution in [0.15, 0.2) is 0 Å². The van der Waals surface area contributed by atoms with Crippen LogP contribution in [0.5, 0.6) is 0 Å². The molecule has 0 aromatic rings. The molecule has 0 bridgehead atoms. The van der Waals surface area contributed by atoms with Crippen LogP contribution in [0.1, 0.15) is 12.8 Å². The zero-order valence-corrected chi connectivity index (χ0v) is 5.20. The minimum Gasteiger partial charge on any atom is -0.125 e. The molecule has 1 unspecified atom stereocenters. The maximum Gasteiger partial charge on any atom is -0.0327 e. The summed E-state index contributed by atoms with van der Waals surface area (Å²) in [4.78, 5) is 0. The highest BCUT2D eigenvalue weighted by Gasteiger charge is 2.18. The van der Waals surface area contributed by atoms with Gasteiger partial charge in [-0.05, 0) is 31.6 Å². The van der Waals surface area contributed by atoms with E-state index in [9.17, 15) is 0 Å². The summed E-state index contributed by atoms with van der Waals surface area (Å²) < 4.78 is 0. The van der Waals surface area contributed by atoms with Crippen molar-refractivity contribution in [1.29, 1.82) is 0 Å². The largest absolute Gasteiger partial charge is 0.125 e. The summed E-state index contributed by atoms with van der Waals surface area (Å²) >= 11 is 0. The van der Waals surface area contributed by atoms with Crippen LogP contribution in [0.3, 0.4) is 0 Å². The fourth-order valence-corrected chi connectivity index (χ4v) is 1.60. The molecule has 1 aliphatic rings. The van der Waals surface area contributed by atoms with E-state index in [1.165, 1.54) is 27.6 Å². The maximum absolute atomic E-state index is 2.29. The molecule has 0 N–H and O–H groups in total. The molecule has 6 heavy (non-hydrogen) atoms. The van der Waals surface area contributed by atoms with Gasteiger partial charge in [0, 0.05) is 0 Å². The summed E-state index contributed by atoms with van der Waals surface area (Å²) in [7, 11) is 1.20. The fraction of sp³-hybridized carbons (Fsp3) is 1.00. The smallest absolute Gasteiger partial charge is 0.0327 e. The van der Waals surface area contributed by atoms with Gasteiger partial charge in [-0.15, -0.1) is 8.58 Å². The van der Waals surface area contributed by atoms with E-state index in [2.05, 4.69) is 6.66 Å². The normalized spacial score (nSPS) is 23.5. The third kappa shape index (κ3) is 1.26. The van der Waals surface area contributed by atoms with Gasteiger partial charge in [-0.25, -0.2) is 0 Å². The quantitative estimate of drug-likeness (QED) is 0.465. The van der Waals surface area contributed by atoms with E-state index < -0.39 is 0 Å². The minimum absolute atomic E-state index is 1.16. The molecule has 1 fully saturated rings. The van der Waals surface area contributed by atoms with Crippen LogP contribution in [0.25, 0.3) is 0 Å². The van der Waals surface area contributed by atoms with Gasteiger partial charge < -0.3 is 0 Å². The lowest BCUT2D eigenvalue weighted by molar-refractivity contribution is 0.998. The van der Waals surface area contributed by atoms with Crippen molar-refractivity contribution in [3.8, 4) is 0 Å². The van der Waals surface area contributed by atoms with Crippen molar-refractivity contribution in [1.82, 2.24) is 0 Å². The summed E-state index contributed by atoms with van der Waals surface area (Å²) in [6.45, 7) is 2.29. The van der Waals surface area contributed by atoms with E-state index in [1.807, 2.05) is 0 Å². The molecule has 1 rings (SSSR count). The predicted octanol–water partition coefficient (Wildman–Crippen LogP) is 1.70. The van der Waals surface area contributed by atoms with Crippen molar-refractivity contribution in [3.05, 3.63) is 0 Å². The monoisotopic (exact) mass is 102 g/mol. The Bertz CT molecular complexity index is 39.2. The molecular formula is C5H11P. The molecule has 0 heterocycles.